The van der Waals surface area contributed by atoms with E-state index in [1.165, 1.54) is 25.7 Å². The maximum Gasteiger partial charge on any atom is 0.264 e. The smallest absolute Gasteiger partial charge is 0.264 e. The Kier molecular flexibility index (Phi) is 3.17. The van der Waals surface area contributed by atoms with Crippen LogP contribution in [0.1, 0.15) is 43.0 Å². The second-order valence-electron chi connectivity index (χ2n) is 5.93. The highest BCUT2D eigenvalue weighted by Crippen LogP contribution is 2.50. The molecule has 0 aromatic carbocycles. The molecule has 1 aromatic heterocycles. The average Bonchev–Trinajstić information content (AvgIpc) is 2.99. The first-order valence-electron chi connectivity index (χ1n) is 6.81. The van der Waals surface area contributed by atoms with E-state index in [1.54, 1.807) is 0 Å². The lowest BCUT2D eigenvalue weighted by Gasteiger charge is -2.21. The molecule has 3 atom stereocenters. The summed E-state index contributed by atoms with van der Waals surface area (Å²) in [6.07, 6.45) is 8.26. The van der Waals surface area contributed by atoms with Gasteiger partial charge in [0.2, 0.25) is 0 Å². The van der Waals surface area contributed by atoms with Gasteiger partial charge in [-0.3, -0.25) is 8.86 Å². The van der Waals surface area contributed by atoms with Gasteiger partial charge in [-0.25, -0.2) is 0 Å². The van der Waals surface area contributed by atoms with Gasteiger partial charge in [0.1, 0.15) is 0 Å². The van der Waals surface area contributed by atoms with Crippen molar-refractivity contribution in [1.82, 2.24) is 9.78 Å². The monoisotopic (exact) mass is 284 g/mol. The summed E-state index contributed by atoms with van der Waals surface area (Å²) in [5, 5.41) is 4.55. The second kappa shape index (κ2) is 4.59. The molecule has 0 aliphatic heterocycles. The zero-order valence-corrected chi connectivity index (χ0v) is 12.2. The predicted molar refractivity (Wildman–Crippen MR) is 71.1 cm³/mol. The molecule has 0 radical (unpaired) electrons. The quantitative estimate of drug-likeness (QED) is 0.794. The van der Waals surface area contributed by atoms with Crippen molar-refractivity contribution in [3.8, 4) is 0 Å². The van der Waals surface area contributed by atoms with E-state index in [1.807, 2.05) is 17.8 Å². The molecule has 1 aromatic rings. The normalized spacial score (nSPS) is 30.1. The number of hydrogen-bond donors (Lipinski definition) is 0. The van der Waals surface area contributed by atoms with Gasteiger partial charge in [0.05, 0.1) is 24.6 Å². The molecule has 3 unspecified atom stereocenters. The van der Waals surface area contributed by atoms with Crippen LogP contribution in [0.3, 0.4) is 0 Å². The van der Waals surface area contributed by atoms with Crippen LogP contribution in [-0.4, -0.2) is 24.5 Å². The van der Waals surface area contributed by atoms with Crippen LogP contribution in [0.5, 0.6) is 0 Å². The molecule has 0 saturated heterocycles. The Bertz CT molecular complexity index is 579. The first kappa shape index (κ1) is 13.1. The van der Waals surface area contributed by atoms with Crippen LogP contribution in [0.4, 0.5) is 0 Å². The molecule has 0 spiro atoms. The van der Waals surface area contributed by atoms with Gasteiger partial charge in [-0.15, -0.1) is 0 Å². The summed E-state index contributed by atoms with van der Waals surface area (Å²) in [5.74, 6) is 1.63. The molecule has 0 amide bonds. The lowest BCUT2D eigenvalue weighted by Crippen LogP contribution is -2.16. The van der Waals surface area contributed by atoms with E-state index in [9.17, 15) is 8.42 Å². The largest absolute Gasteiger partial charge is 0.269 e. The van der Waals surface area contributed by atoms with Gasteiger partial charge >= 0.3 is 0 Å². The Morgan fingerprint density at radius 1 is 1.42 bits per heavy atom. The highest BCUT2D eigenvalue weighted by atomic mass is 32.2. The number of fused-ring (bicyclic) bond motifs is 2. The first-order valence-corrected chi connectivity index (χ1v) is 8.63. The van der Waals surface area contributed by atoms with E-state index in [0.29, 0.717) is 6.04 Å². The van der Waals surface area contributed by atoms with E-state index in [-0.39, 0.29) is 6.61 Å². The van der Waals surface area contributed by atoms with E-state index in [0.717, 1.165) is 29.3 Å². The fourth-order valence-corrected chi connectivity index (χ4v) is 3.88. The Morgan fingerprint density at radius 3 is 2.79 bits per heavy atom. The highest BCUT2D eigenvalue weighted by Gasteiger charge is 2.40. The van der Waals surface area contributed by atoms with Crippen LogP contribution < -0.4 is 0 Å². The second-order valence-corrected chi connectivity index (χ2v) is 7.57. The lowest BCUT2D eigenvalue weighted by atomic mass is 9.96. The maximum absolute atomic E-state index is 11.0. The van der Waals surface area contributed by atoms with Crippen molar-refractivity contribution in [1.29, 1.82) is 0 Å². The summed E-state index contributed by atoms with van der Waals surface area (Å²) in [6.45, 7) is 2.00. The third-order valence-electron chi connectivity index (χ3n) is 4.49. The lowest BCUT2D eigenvalue weighted by molar-refractivity contribution is 0.301. The van der Waals surface area contributed by atoms with Crippen molar-refractivity contribution in [3.05, 3.63) is 17.5 Å². The van der Waals surface area contributed by atoms with Crippen molar-refractivity contribution in [3.63, 3.8) is 0 Å². The van der Waals surface area contributed by atoms with E-state index >= 15 is 0 Å². The number of nitrogens with zero attached hydrogens (tertiary/aromatic N) is 2. The Labute approximate surface area is 114 Å². The van der Waals surface area contributed by atoms with Gasteiger partial charge < -0.3 is 0 Å². The molecule has 106 valence electrons. The molecule has 2 fully saturated rings. The van der Waals surface area contributed by atoms with Crippen LogP contribution in [0.15, 0.2) is 6.20 Å². The zero-order valence-electron chi connectivity index (χ0n) is 11.4. The fraction of sp³-hybridized carbons (Fsp3) is 0.769. The molecular weight excluding hydrogens is 264 g/mol. The van der Waals surface area contributed by atoms with Crippen LogP contribution in [0.2, 0.25) is 0 Å². The molecule has 2 aliphatic carbocycles. The van der Waals surface area contributed by atoms with Gasteiger partial charge in [0, 0.05) is 11.8 Å². The molecular formula is C13H20N2O3S. The van der Waals surface area contributed by atoms with Gasteiger partial charge in [-0.2, -0.15) is 13.5 Å². The molecule has 2 aliphatic rings. The fourth-order valence-electron chi connectivity index (χ4n) is 3.54. The van der Waals surface area contributed by atoms with Gasteiger partial charge in [-0.05, 0) is 38.0 Å². The minimum Gasteiger partial charge on any atom is -0.269 e. The first-order chi connectivity index (χ1) is 8.92. The molecule has 5 nitrogen and oxygen atoms in total. The number of aryl methyl sites for hydroxylation is 1. The molecule has 6 heteroatoms. The minimum absolute atomic E-state index is 0.0888. The number of hydrogen-bond acceptors (Lipinski definition) is 4. The topological polar surface area (TPSA) is 61.2 Å². The third kappa shape index (κ3) is 2.69. The van der Waals surface area contributed by atoms with E-state index in [2.05, 4.69) is 5.10 Å². The summed E-state index contributed by atoms with van der Waals surface area (Å²) < 4.78 is 29.0. The minimum atomic E-state index is -3.39. The highest BCUT2D eigenvalue weighted by molar-refractivity contribution is 7.85. The summed E-state index contributed by atoms with van der Waals surface area (Å²) in [4.78, 5) is 0. The molecule has 19 heavy (non-hydrogen) atoms. The molecule has 3 rings (SSSR count). The summed E-state index contributed by atoms with van der Waals surface area (Å²) >= 11 is 0. The Balaban J connectivity index is 1.74. The van der Waals surface area contributed by atoms with Crippen molar-refractivity contribution < 1.29 is 12.6 Å². The number of aromatic nitrogens is 2. The molecule has 2 bridgehead atoms. The summed E-state index contributed by atoms with van der Waals surface area (Å²) in [7, 11) is -3.39. The van der Waals surface area contributed by atoms with Crippen molar-refractivity contribution >= 4 is 10.1 Å². The van der Waals surface area contributed by atoms with Gasteiger partial charge in [0.25, 0.3) is 10.1 Å². The Hall–Kier alpha value is -0.880. The standard InChI is InChI=1S/C13H20N2O3S/c1-9-12(8-18-19(2,16)17)7-15(14-9)13-6-10-3-4-11(13)5-10/h7,10-11,13H,3-6,8H2,1-2H3. The zero-order chi connectivity index (χ0) is 13.6. The Morgan fingerprint density at radius 2 is 2.21 bits per heavy atom. The van der Waals surface area contributed by atoms with Gasteiger partial charge in [0.15, 0.2) is 0 Å². The molecule has 2 saturated carbocycles. The van der Waals surface area contributed by atoms with E-state index in [4.69, 9.17) is 4.18 Å². The van der Waals surface area contributed by atoms with Crippen molar-refractivity contribution in [2.45, 2.75) is 45.3 Å². The number of rotatable bonds is 4. The van der Waals surface area contributed by atoms with E-state index < -0.39 is 10.1 Å². The average molecular weight is 284 g/mol. The van der Waals surface area contributed by atoms with Crippen molar-refractivity contribution in [2.24, 2.45) is 11.8 Å². The van der Waals surface area contributed by atoms with Crippen molar-refractivity contribution in [2.75, 3.05) is 6.26 Å². The maximum atomic E-state index is 11.0. The predicted octanol–water partition coefficient (Wildman–Crippen LogP) is 2.03. The van der Waals surface area contributed by atoms with Gasteiger partial charge in [-0.1, -0.05) is 6.42 Å². The summed E-state index contributed by atoms with van der Waals surface area (Å²) in [6, 6.07) is 0.504. The van der Waals surface area contributed by atoms with Crippen LogP contribution in [0.25, 0.3) is 0 Å². The SMILES string of the molecule is Cc1nn(C2CC3CCC2C3)cc1COS(C)(=O)=O. The third-order valence-corrected chi connectivity index (χ3v) is 5.03. The molecule has 1 heterocycles. The van der Waals surface area contributed by atoms with Crippen LogP contribution in [0, 0.1) is 18.8 Å². The summed E-state index contributed by atoms with van der Waals surface area (Å²) in [5.41, 5.74) is 1.74. The molecule has 0 N–H and O–H groups in total. The van der Waals surface area contributed by atoms with Crippen LogP contribution >= 0.6 is 0 Å². The van der Waals surface area contributed by atoms with Crippen LogP contribution in [-0.2, 0) is 20.9 Å².